The summed E-state index contributed by atoms with van der Waals surface area (Å²) in [5.74, 6) is 0.610. The van der Waals surface area contributed by atoms with E-state index in [-0.39, 0.29) is 15.6 Å². The number of rotatable bonds is 10. The number of hydrogen-bond acceptors (Lipinski definition) is 4. The van der Waals surface area contributed by atoms with Gasteiger partial charge in [-0.1, -0.05) is 27.2 Å². The van der Waals surface area contributed by atoms with Crippen LogP contribution in [0.1, 0.15) is 52.2 Å². The summed E-state index contributed by atoms with van der Waals surface area (Å²) in [6.07, 6.45) is 3.56. The van der Waals surface area contributed by atoms with E-state index in [4.69, 9.17) is 4.42 Å². The zero-order valence-electron chi connectivity index (χ0n) is 12.9. The van der Waals surface area contributed by atoms with Gasteiger partial charge in [-0.15, -0.1) is 0 Å². The molecule has 0 amide bonds. The first-order valence-electron chi connectivity index (χ1n) is 7.45. The van der Waals surface area contributed by atoms with Crippen molar-refractivity contribution in [1.29, 1.82) is 0 Å². The highest BCUT2D eigenvalue weighted by Gasteiger charge is 2.24. The molecule has 0 aliphatic carbocycles. The molecule has 0 aliphatic heterocycles. The Labute approximate surface area is 136 Å². The van der Waals surface area contributed by atoms with Gasteiger partial charge in [-0.25, -0.2) is 13.1 Å². The van der Waals surface area contributed by atoms with Crippen molar-refractivity contribution in [3.05, 3.63) is 16.5 Å². The van der Waals surface area contributed by atoms with Gasteiger partial charge in [0.15, 0.2) is 4.67 Å². The van der Waals surface area contributed by atoms with Gasteiger partial charge in [0.25, 0.3) is 0 Å². The Kier molecular flexibility index (Phi) is 7.94. The Morgan fingerprint density at radius 3 is 2.57 bits per heavy atom. The predicted octanol–water partition coefficient (Wildman–Crippen LogP) is 3.40. The molecule has 1 rings (SSSR count). The SMILES string of the molecule is CCCNCc1cc(S(=O)(=O)NC(CC)CCC)c(Br)o1. The lowest BCUT2D eigenvalue weighted by atomic mass is 10.1. The molecule has 0 aliphatic rings. The first-order valence-corrected chi connectivity index (χ1v) is 9.73. The van der Waals surface area contributed by atoms with Crippen LogP contribution in [0.5, 0.6) is 0 Å². The monoisotopic (exact) mass is 380 g/mol. The molecule has 5 nitrogen and oxygen atoms in total. The highest BCUT2D eigenvalue weighted by molar-refractivity contribution is 9.10. The Hall–Kier alpha value is -0.370. The first kappa shape index (κ1) is 18.7. The summed E-state index contributed by atoms with van der Waals surface area (Å²) in [5.41, 5.74) is 0. The number of furan rings is 1. The molecule has 0 saturated heterocycles. The van der Waals surface area contributed by atoms with E-state index in [1.54, 1.807) is 6.07 Å². The predicted molar refractivity (Wildman–Crippen MR) is 87.7 cm³/mol. The van der Waals surface area contributed by atoms with Gasteiger partial charge in [0.2, 0.25) is 10.0 Å². The van der Waals surface area contributed by atoms with Crippen LogP contribution in [0.15, 0.2) is 20.0 Å². The normalized spacial score (nSPS) is 13.5. The molecule has 0 radical (unpaired) electrons. The van der Waals surface area contributed by atoms with E-state index < -0.39 is 10.0 Å². The van der Waals surface area contributed by atoms with Crippen LogP contribution in [0, 0.1) is 0 Å². The standard InChI is InChI=1S/C14H25BrN2O3S/c1-4-7-11(6-3)17-21(18,19)13-9-12(20-14(13)15)10-16-8-5-2/h9,11,16-17H,4-8,10H2,1-3H3. The molecule has 0 bridgehead atoms. The fourth-order valence-electron chi connectivity index (χ4n) is 2.03. The van der Waals surface area contributed by atoms with Crippen LogP contribution < -0.4 is 10.0 Å². The number of sulfonamides is 1. The molecule has 122 valence electrons. The summed E-state index contributed by atoms with van der Waals surface area (Å²) >= 11 is 3.20. The van der Waals surface area contributed by atoms with Crippen LogP contribution in [0.25, 0.3) is 0 Å². The van der Waals surface area contributed by atoms with E-state index in [1.807, 2.05) is 13.8 Å². The fourth-order valence-corrected chi connectivity index (χ4v) is 4.39. The van der Waals surface area contributed by atoms with Crippen molar-refractivity contribution in [2.24, 2.45) is 0 Å². The summed E-state index contributed by atoms with van der Waals surface area (Å²) in [4.78, 5) is 0.172. The van der Waals surface area contributed by atoms with Gasteiger partial charge in [-0.05, 0) is 41.7 Å². The highest BCUT2D eigenvalue weighted by Crippen LogP contribution is 2.26. The number of hydrogen-bond donors (Lipinski definition) is 2. The van der Waals surface area contributed by atoms with Gasteiger partial charge in [-0.2, -0.15) is 0 Å². The topological polar surface area (TPSA) is 71.3 Å². The van der Waals surface area contributed by atoms with Gasteiger partial charge in [0.05, 0.1) is 6.54 Å². The minimum absolute atomic E-state index is 0.0385. The second kappa shape index (κ2) is 8.92. The Balaban J connectivity index is 2.82. The molecule has 1 aromatic rings. The van der Waals surface area contributed by atoms with Gasteiger partial charge >= 0.3 is 0 Å². The van der Waals surface area contributed by atoms with Crippen LogP contribution in [0.3, 0.4) is 0 Å². The minimum atomic E-state index is -3.55. The third-order valence-electron chi connectivity index (χ3n) is 3.17. The quantitative estimate of drug-likeness (QED) is 0.610. The molecule has 1 unspecified atom stereocenters. The maximum absolute atomic E-state index is 12.4. The zero-order chi connectivity index (χ0) is 15.9. The molecule has 1 heterocycles. The van der Waals surface area contributed by atoms with E-state index in [0.717, 1.165) is 32.2 Å². The third-order valence-corrected chi connectivity index (χ3v) is 5.55. The maximum atomic E-state index is 12.4. The molecule has 0 spiro atoms. The Morgan fingerprint density at radius 1 is 1.29 bits per heavy atom. The average molecular weight is 381 g/mol. The van der Waals surface area contributed by atoms with E-state index in [1.165, 1.54) is 0 Å². The molecule has 1 atom stereocenters. The lowest BCUT2D eigenvalue weighted by molar-refractivity contribution is 0.460. The summed E-state index contributed by atoms with van der Waals surface area (Å²) in [6.45, 7) is 7.49. The van der Waals surface area contributed by atoms with Gasteiger partial charge in [0.1, 0.15) is 10.7 Å². The lowest BCUT2D eigenvalue weighted by Crippen LogP contribution is -2.34. The summed E-state index contributed by atoms with van der Waals surface area (Å²) in [7, 11) is -3.55. The fraction of sp³-hybridized carbons (Fsp3) is 0.714. The molecule has 1 aromatic heterocycles. The molecule has 0 saturated carbocycles. The van der Waals surface area contributed by atoms with Crippen molar-refractivity contribution >= 4 is 26.0 Å². The van der Waals surface area contributed by atoms with Crippen molar-refractivity contribution < 1.29 is 12.8 Å². The third kappa shape index (κ3) is 5.73. The van der Waals surface area contributed by atoms with E-state index in [9.17, 15) is 8.42 Å². The number of halogens is 1. The average Bonchev–Trinajstić information content (AvgIpc) is 2.80. The maximum Gasteiger partial charge on any atom is 0.245 e. The summed E-state index contributed by atoms with van der Waals surface area (Å²) in [6, 6.07) is 1.54. The molecule has 21 heavy (non-hydrogen) atoms. The smallest absolute Gasteiger partial charge is 0.245 e. The van der Waals surface area contributed by atoms with Crippen LogP contribution >= 0.6 is 15.9 Å². The first-order chi connectivity index (χ1) is 9.94. The number of nitrogens with one attached hydrogen (secondary N) is 2. The molecule has 0 aromatic carbocycles. The Bertz CT molecular complexity index is 528. The van der Waals surface area contributed by atoms with Gasteiger partial charge < -0.3 is 9.73 Å². The van der Waals surface area contributed by atoms with Gasteiger partial charge in [-0.3, -0.25) is 0 Å². The van der Waals surface area contributed by atoms with Crippen molar-refractivity contribution in [2.45, 2.75) is 63.9 Å². The molecule has 7 heteroatoms. The summed E-state index contributed by atoms with van der Waals surface area (Å²) in [5, 5.41) is 3.19. The summed E-state index contributed by atoms with van der Waals surface area (Å²) < 4.78 is 33.3. The van der Waals surface area contributed by atoms with Crippen LogP contribution in [0.2, 0.25) is 0 Å². The molecular weight excluding hydrogens is 356 g/mol. The van der Waals surface area contributed by atoms with Crippen molar-refractivity contribution in [3.8, 4) is 0 Å². The molecule has 0 fully saturated rings. The largest absolute Gasteiger partial charge is 0.452 e. The minimum Gasteiger partial charge on any atom is -0.452 e. The Morgan fingerprint density at radius 2 is 2.00 bits per heavy atom. The van der Waals surface area contributed by atoms with E-state index >= 15 is 0 Å². The highest BCUT2D eigenvalue weighted by atomic mass is 79.9. The van der Waals surface area contributed by atoms with Crippen molar-refractivity contribution in [2.75, 3.05) is 6.54 Å². The van der Waals surface area contributed by atoms with Crippen molar-refractivity contribution in [1.82, 2.24) is 10.0 Å². The van der Waals surface area contributed by atoms with E-state index in [0.29, 0.717) is 12.3 Å². The molecular formula is C14H25BrN2O3S. The second-order valence-corrected chi connectivity index (χ2v) is 7.45. The van der Waals surface area contributed by atoms with Crippen molar-refractivity contribution in [3.63, 3.8) is 0 Å². The van der Waals surface area contributed by atoms with Crippen LogP contribution in [-0.4, -0.2) is 21.0 Å². The van der Waals surface area contributed by atoms with Crippen LogP contribution in [0.4, 0.5) is 0 Å². The van der Waals surface area contributed by atoms with E-state index in [2.05, 4.69) is 32.9 Å². The van der Waals surface area contributed by atoms with Gasteiger partial charge in [0, 0.05) is 12.1 Å². The second-order valence-electron chi connectivity index (χ2n) is 5.04. The molecule has 2 N–H and O–H groups in total. The lowest BCUT2D eigenvalue weighted by Gasteiger charge is -2.15. The van der Waals surface area contributed by atoms with Crippen LogP contribution in [-0.2, 0) is 16.6 Å². The zero-order valence-corrected chi connectivity index (χ0v) is 15.3.